The van der Waals surface area contributed by atoms with Gasteiger partial charge in [-0.3, -0.25) is 9.69 Å². The van der Waals surface area contributed by atoms with Crippen LogP contribution in [0.15, 0.2) is 36.5 Å². The van der Waals surface area contributed by atoms with Crippen LogP contribution in [-0.4, -0.2) is 64.4 Å². The van der Waals surface area contributed by atoms with Gasteiger partial charge in [-0.1, -0.05) is 24.3 Å². The molecule has 4 aliphatic carbocycles. The number of pyridine rings is 1. The van der Waals surface area contributed by atoms with Crippen LogP contribution in [-0.2, 0) is 10.2 Å². The summed E-state index contributed by atoms with van der Waals surface area (Å²) in [5.41, 5.74) is 9.50. The minimum absolute atomic E-state index is 0.161. The van der Waals surface area contributed by atoms with Crippen molar-refractivity contribution in [2.24, 2.45) is 5.92 Å². The summed E-state index contributed by atoms with van der Waals surface area (Å²) in [5, 5.41) is 13.8. The third-order valence-electron chi connectivity index (χ3n) is 9.85. The molecule has 3 heterocycles. The number of hydrogen-bond donors (Lipinski definition) is 3. The zero-order valence-corrected chi connectivity index (χ0v) is 20.1. The number of aliphatic hydroxyl groups is 1. The lowest BCUT2D eigenvalue weighted by Crippen LogP contribution is -2.58. The van der Waals surface area contributed by atoms with E-state index in [-0.39, 0.29) is 17.3 Å². The second-order valence-electron chi connectivity index (χ2n) is 11.9. The van der Waals surface area contributed by atoms with Gasteiger partial charge in [-0.25, -0.2) is 4.98 Å². The van der Waals surface area contributed by atoms with Gasteiger partial charge < -0.3 is 20.9 Å². The maximum Gasteiger partial charge on any atom is 0.255 e. The lowest BCUT2D eigenvalue weighted by molar-refractivity contribution is -0.0702. The predicted octanol–water partition coefficient (Wildman–Crippen LogP) is 2.87. The first-order valence-electron chi connectivity index (χ1n) is 13.1. The highest BCUT2D eigenvalue weighted by Gasteiger charge is 2.61. The van der Waals surface area contributed by atoms with Gasteiger partial charge in [0, 0.05) is 35.8 Å². The average molecular weight is 475 g/mol. The van der Waals surface area contributed by atoms with Gasteiger partial charge in [-0.05, 0) is 68.1 Å². The van der Waals surface area contributed by atoms with Crippen molar-refractivity contribution in [2.45, 2.75) is 67.5 Å². The Bertz CT molecular complexity index is 1150. The molecule has 2 aromatic rings. The molecular formula is C28H34N4O3. The van der Waals surface area contributed by atoms with Crippen LogP contribution in [0, 0.1) is 5.92 Å². The molecular weight excluding hydrogens is 440 g/mol. The van der Waals surface area contributed by atoms with E-state index in [0.717, 1.165) is 75.3 Å². The standard InChI is InChI=1S/C28H34N4O3/c29-24-23(25(33)31-26-5-8-27(34,9-6-26)10-7-26)11-19(13-30-24)18-1-3-20(4-2-18)28-12-21(28)14-32(17-28)22-15-35-16-22/h1-4,11,13,21-22,34H,5-10,12,14-17H2,(H2,29,30)(H,31,33)/t21-,26?,27?,28+/m0/s1. The molecule has 0 radical (unpaired) electrons. The number of piperidine rings is 1. The van der Waals surface area contributed by atoms with Gasteiger partial charge in [-0.15, -0.1) is 0 Å². The van der Waals surface area contributed by atoms with Crippen molar-refractivity contribution in [1.82, 2.24) is 15.2 Å². The molecule has 35 heavy (non-hydrogen) atoms. The van der Waals surface area contributed by atoms with Crippen LogP contribution in [0.1, 0.15) is 60.9 Å². The van der Waals surface area contributed by atoms with Crippen LogP contribution >= 0.6 is 0 Å². The van der Waals surface area contributed by atoms with Crippen molar-refractivity contribution < 1.29 is 14.6 Å². The van der Waals surface area contributed by atoms with E-state index in [4.69, 9.17) is 10.5 Å². The maximum absolute atomic E-state index is 13.3. The van der Waals surface area contributed by atoms with Gasteiger partial charge in [0.2, 0.25) is 0 Å². The summed E-state index contributed by atoms with van der Waals surface area (Å²) < 4.78 is 5.40. The molecule has 0 unspecified atom stereocenters. The fourth-order valence-corrected chi connectivity index (χ4v) is 7.15. The molecule has 2 saturated heterocycles. The number of hydrogen-bond acceptors (Lipinski definition) is 6. The third kappa shape index (κ3) is 3.51. The number of carbonyl (C=O) groups is 1. The first-order chi connectivity index (χ1) is 16.9. The lowest BCUT2D eigenvalue weighted by Gasteiger charge is -2.51. The van der Waals surface area contributed by atoms with Crippen LogP contribution in [0.2, 0.25) is 0 Å². The summed E-state index contributed by atoms with van der Waals surface area (Å²) >= 11 is 0. The minimum Gasteiger partial charge on any atom is -0.390 e. The maximum atomic E-state index is 13.3. The predicted molar refractivity (Wildman–Crippen MR) is 133 cm³/mol. The molecule has 1 amide bonds. The zero-order chi connectivity index (χ0) is 23.8. The van der Waals surface area contributed by atoms with Gasteiger partial charge >= 0.3 is 0 Å². The first-order valence-corrected chi connectivity index (χ1v) is 13.1. The SMILES string of the molecule is Nc1ncc(-c2ccc([C@]34C[C@H]3CN(C3COC3)C4)cc2)cc1C(=O)NC12CCC(O)(CC1)CC2. The first kappa shape index (κ1) is 21.8. The Balaban J connectivity index is 1.08. The molecule has 1 aromatic heterocycles. The number of carbonyl (C=O) groups excluding carboxylic acids is 1. The molecule has 7 heteroatoms. The molecule has 184 valence electrons. The number of benzene rings is 1. The van der Waals surface area contributed by atoms with Crippen LogP contribution in [0.3, 0.4) is 0 Å². The number of nitrogens with one attached hydrogen (secondary N) is 1. The number of nitrogens with zero attached hydrogens (tertiary/aromatic N) is 2. The normalized spacial score (nSPS) is 36.0. The van der Waals surface area contributed by atoms with E-state index >= 15 is 0 Å². The van der Waals surface area contributed by atoms with Crippen LogP contribution in [0.5, 0.6) is 0 Å². The van der Waals surface area contributed by atoms with Crippen LogP contribution < -0.4 is 11.1 Å². The van der Waals surface area contributed by atoms with Gasteiger partial charge in [0.1, 0.15) is 5.82 Å². The van der Waals surface area contributed by atoms with Gasteiger partial charge in [0.15, 0.2) is 0 Å². The van der Waals surface area contributed by atoms with Crippen molar-refractivity contribution in [3.63, 3.8) is 0 Å². The molecule has 0 spiro atoms. The van der Waals surface area contributed by atoms with E-state index in [1.54, 1.807) is 6.20 Å². The Morgan fingerprint density at radius 2 is 1.80 bits per heavy atom. The summed E-state index contributed by atoms with van der Waals surface area (Å²) in [4.78, 5) is 20.2. The Morgan fingerprint density at radius 1 is 1.09 bits per heavy atom. The smallest absolute Gasteiger partial charge is 0.255 e. The molecule has 2 bridgehead atoms. The molecule has 4 N–H and O–H groups in total. The molecule has 6 aliphatic rings. The summed E-state index contributed by atoms with van der Waals surface area (Å²) in [7, 11) is 0. The summed E-state index contributed by atoms with van der Waals surface area (Å²) in [6, 6.07) is 11.3. The lowest BCUT2D eigenvalue weighted by atomic mass is 9.63. The Hall–Kier alpha value is -2.48. The second kappa shape index (κ2) is 7.51. The van der Waals surface area contributed by atoms with Gasteiger partial charge in [0.05, 0.1) is 30.4 Å². The molecule has 2 atom stereocenters. The molecule has 2 aliphatic heterocycles. The minimum atomic E-state index is -0.526. The summed E-state index contributed by atoms with van der Waals surface area (Å²) in [5.74, 6) is 0.858. The van der Waals surface area contributed by atoms with Crippen molar-refractivity contribution in [2.75, 3.05) is 32.0 Å². The number of nitrogen functional groups attached to an aromatic ring is 1. The number of fused-ring (bicyclic) bond motifs is 4. The number of ether oxygens (including phenoxy) is 1. The van der Waals surface area contributed by atoms with Crippen LogP contribution in [0.4, 0.5) is 5.82 Å². The van der Waals surface area contributed by atoms with E-state index in [0.29, 0.717) is 17.0 Å². The van der Waals surface area contributed by atoms with E-state index in [1.807, 2.05) is 6.07 Å². The number of anilines is 1. The van der Waals surface area contributed by atoms with E-state index in [9.17, 15) is 9.90 Å². The van der Waals surface area contributed by atoms with Crippen molar-refractivity contribution in [3.05, 3.63) is 47.7 Å². The summed E-state index contributed by atoms with van der Waals surface area (Å²) in [6.07, 6.45) is 7.75. The Morgan fingerprint density at radius 3 is 2.46 bits per heavy atom. The number of amides is 1. The molecule has 4 saturated carbocycles. The number of likely N-dealkylation sites (tertiary alicyclic amines) is 1. The van der Waals surface area contributed by atoms with Gasteiger partial charge in [0.25, 0.3) is 5.91 Å². The van der Waals surface area contributed by atoms with E-state index in [1.165, 1.54) is 18.5 Å². The average Bonchev–Trinajstić information content (AvgIpc) is 3.40. The quantitative estimate of drug-likeness (QED) is 0.616. The van der Waals surface area contributed by atoms with Gasteiger partial charge in [-0.2, -0.15) is 0 Å². The monoisotopic (exact) mass is 474 g/mol. The fraction of sp³-hybridized carbons (Fsp3) is 0.571. The van der Waals surface area contributed by atoms with Crippen molar-refractivity contribution in [3.8, 4) is 11.1 Å². The highest BCUT2D eigenvalue weighted by molar-refractivity contribution is 5.99. The number of rotatable bonds is 5. The zero-order valence-electron chi connectivity index (χ0n) is 20.1. The van der Waals surface area contributed by atoms with E-state index < -0.39 is 5.60 Å². The molecule has 6 fully saturated rings. The Labute approximate surface area is 206 Å². The number of aromatic nitrogens is 1. The molecule has 7 nitrogen and oxygen atoms in total. The van der Waals surface area contributed by atoms with E-state index in [2.05, 4.69) is 39.5 Å². The molecule has 1 aromatic carbocycles. The van der Waals surface area contributed by atoms with Crippen LogP contribution in [0.25, 0.3) is 11.1 Å². The summed E-state index contributed by atoms with van der Waals surface area (Å²) in [6.45, 7) is 4.09. The third-order valence-corrected chi connectivity index (χ3v) is 9.85. The van der Waals surface area contributed by atoms with Crippen molar-refractivity contribution >= 4 is 11.7 Å². The highest BCUT2D eigenvalue weighted by atomic mass is 16.5. The number of nitrogens with two attached hydrogens (primary N) is 1. The second-order valence-corrected chi connectivity index (χ2v) is 11.9. The fourth-order valence-electron chi connectivity index (χ4n) is 7.15. The molecule has 8 rings (SSSR count). The largest absolute Gasteiger partial charge is 0.390 e. The Kier molecular flexibility index (Phi) is 4.67. The van der Waals surface area contributed by atoms with Crippen molar-refractivity contribution in [1.29, 1.82) is 0 Å². The topological polar surface area (TPSA) is 101 Å². The highest BCUT2D eigenvalue weighted by Crippen LogP contribution is 2.59.